The van der Waals surface area contributed by atoms with Crippen molar-refractivity contribution in [3.8, 4) is 0 Å². The normalized spacial score (nSPS) is 10.0. The number of hydrogen-bond acceptors (Lipinski definition) is 3. The van der Waals surface area contributed by atoms with Crippen molar-refractivity contribution in [1.29, 1.82) is 0 Å². The first-order valence-electron chi connectivity index (χ1n) is 8.00. The molecule has 25 heavy (non-hydrogen) atoms. The van der Waals surface area contributed by atoms with Crippen molar-refractivity contribution in [2.75, 3.05) is 16.4 Å². The van der Waals surface area contributed by atoms with Crippen LogP contribution in [-0.2, 0) is 16.0 Å². The van der Waals surface area contributed by atoms with E-state index in [1.165, 1.54) is 0 Å². The zero-order valence-corrected chi connectivity index (χ0v) is 15.2. The van der Waals surface area contributed by atoms with Gasteiger partial charge in [-0.05, 0) is 36.2 Å². The van der Waals surface area contributed by atoms with Crippen LogP contribution in [0.2, 0.25) is 0 Å². The van der Waals surface area contributed by atoms with Crippen LogP contribution in [0.1, 0.15) is 25.8 Å². The van der Waals surface area contributed by atoms with Crippen molar-refractivity contribution in [2.45, 2.75) is 26.7 Å². The van der Waals surface area contributed by atoms with Crippen molar-refractivity contribution in [3.05, 3.63) is 54.1 Å². The number of carbonyl (C=O) groups excluding carboxylic acids is 2. The van der Waals surface area contributed by atoms with Crippen molar-refractivity contribution in [3.63, 3.8) is 0 Å². The summed E-state index contributed by atoms with van der Waals surface area (Å²) in [5.41, 5.74) is 8.86. The lowest BCUT2D eigenvalue weighted by atomic mass is 10.1. The third-order valence-electron chi connectivity index (χ3n) is 3.61. The molecule has 5 nitrogen and oxygen atoms in total. The molecule has 2 amide bonds. The van der Waals surface area contributed by atoms with Crippen LogP contribution >= 0.6 is 12.4 Å². The Kier molecular flexibility index (Phi) is 7.95. The highest BCUT2D eigenvalue weighted by molar-refractivity contribution is 5.94. The smallest absolute Gasteiger partial charge is 0.226 e. The van der Waals surface area contributed by atoms with E-state index < -0.39 is 0 Å². The standard InChI is InChI=1S/C19H23N3O2.ClH/c1-13(2)19(24)22-16-8-5-7-15(12-16)21-18(23)11-10-14-6-3-4-9-17(14)20;/h3-9,12-13H,10-11,20H2,1-2H3,(H,21,23)(H,22,24);1H. The topological polar surface area (TPSA) is 84.2 Å². The lowest BCUT2D eigenvalue weighted by molar-refractivity contribution is -0.119. The summed E-state index contributed by atoms with van der Waals surface area (Å²) in [7, 11) is 0. The van der Waals surface area contributed by atoms with Gasteiger partial charge in [-0.15, -0.1) is 12.4 Å². The summed E-state index contributed by atoms with van der Waals surface area (Å²) in [6.45, 7) is 3.66. The summed E-state index contributed by atoms with van der Waals surface area (Å²) in [4.78, 5) is 23.8. The van der Waals surface area contributed by atoms with Crippen LogP contribution in [0.5, 0.6) is 0 Å². The molecular weight excluding hydrogens is 338 g/mol. The third kappa shape index (κ3) is 6.47. The second kappa shape index (κ2) is 9.69. The Bertz CT molecular complexity index is 732. The van der Waals surface area contributed by atoms with Gasteiger partial charge in [-0.3, -0.25) is 9.59 Å². The lowest BCUT2D eigenvalue weighted by Gasteiger charge is -2.10. The molecule has 0 bridgehead atoms. The number of aryl methyl sites for hydroxylation is 1. The molecule has 0 aromatic heterocycles. The number of nitrogens with two attached hydrogens (primary N) is 1. The second-order valence-electron chi connectivity index (χ2n) is 5.97. The first-order valence-corrected chi connectivity index (χ1v) is 8.00. The molecule has 0 fully saturated rings. The fourth-order valence-electron chi connectivity index (χ4n) is 2.19. The minimum Gasteiger partial charge on any atom is -0.399 e. The predicted molar refractivity (Wildman–Crippen MR) is 105 cm³/mol. The number of hydrogen-bond donors (Lipinski definition) is 3. The van der Waals surface area contributed by atoms with Gasteiger partial charge in [-0.1, -0.05) is 38.1 Å². The molecule has 6 heteroatoms. The Hall–Kier alpha value is -2.53. The van der Waals surface area contributed by atoms with Gasteiger partial charge in [0.15, 0.2) is 0 Å². The molecule has 2 aromatic rings. The molecule has 2 aromatic carbocycles. The summed E-state index contributed by atoms with van der Waals surface area (Å²) >= 11 is 0. The third-order valence-corrected chi connectivity index (χ3v) is 3.61. The average molecular weight is 362 g/mol. The van der Waals surface area contributed by atoms with Crippen molar-refractivity contribution in [2.24, 2.45) is 5.92 Å². The summed E-state index contributed by atoms with van der Waals surface area (Å²) in [5.74, 6) is -0.247. The molecule has 0 saturated heterocycles. The summed E-state index contributed by atoms with van der Waals surface area (Å²) < 4.78 is 0. The number of nitrogens with one attached hydrogen (secondary N) is 2. The summed E-state index contributed by atoms with van der Waals surface area (Å²) in [6, 6.07) is 14.6. The average Bonchev–Trinajstić information content (AvgIpc) is 2.54. The quantitative estimate of drug-likeness (QED) is 0.683. The molecule has 4 N–H and O–H groups in total. The summed E-state index contributed by atoms with van der Waals surface area (Å²) in [6.07, 6.45) is 0.930. The van der Waals surface area contributed by atoms with Gasteiger partial charge in [0, 0.05) is 29.4 Å². The molecule has 0 radical (unpaired) electrons. The van der Waals surface area contributed by atoms with Gasteiger partial charge in [-0.2, -0.15) is 0 Å². The number of amides is 2. The largest absolute Gasteiger partial charge is 0.399 e. The highest BCUT2D eigenvalue weighted by Gasteiger charge is 2.09. The maximum Gasteiger partial charge on any atom is 0.226 e. The summed E-state index contributed by atoms with van der Waals surface area (Å²) in [5, 5.41) is 5.66. The fourth-order valence-corrected chi connectivity index (χ4v) is 2.19. The molecule has 0 aliphatic rings. The lowest BCUT2D eigenvalue weighted by Crippen LogP contribution is -2.18. The molecule has 0 unspecified atom stereocenters. The van der Waals surface area contributed by atoms with Gasteiger partial charge < -0.3 is 16.4 Å². The number of rotatable bonds is 6. The van der Waals surface area contributed by atoms with Gasteiger partial charge in [0.1, 0.15) is 0 Å². The first-order chi connectivity index (χ1) is 11.5. The predicted octanol–water partition coefficient (Wildman–Crippen LogP) is 3.86. The highest BCUT2D eigenvalue weighted by Crippen LogP contribution is 2.17. The Balaban J connectivity index is 0.00000312. The van der Waals surface area contributed by atoms with E-state index in [9.17, 15) is 9.59 Å². The molecule has 0 spiro atoms. The van der Waals surface area contributed by atoms with Crippen LogP contribution in [0.25, 0.3) is 0 Å². The molecular formula is C19H24ClN3O2. The molecule has 134 valence electrons. The molecule has 0 aliphatic heterocycles. The fraction of sp³-hybridized carbons (Fsp3) is 0.263. The van der Waals surface area contributed by atoms with Crippen LogP contribution in [0.3, 0.4) is 0 Å². The minimum absolute atomic E-state index is 0. The zero-order valence-electron chi connectivity index (χ0n) is 14.4. The van der Waals surface area contributed by atoms with Crippen LogP contribution in [0, 0.1) is 5.92 Å². The second-order valence-corrected chi connectivity index (χ2v) is 5.97. The monoisotopic (exact) mass is 361 g/mol. The Labute approximate surface area is 154 Å². The van der Waals surface area contributed by atoms with Gasteiger partial charge >= 0.3 is 0 Å². The first kappa shape index (κ1) is 20.5. The van der Waals surface area contributed by atoms with Gasteiger partial charge in [0.25, 0.3) is 0 Å². The van der Waals surface area contributed by atoms with E-state index in [1.807, 2.05) is 38.1 Å². The van der Waals surface area contributed by atoms with Crippen LogP contribution in [-0.4, -0.2) is 11.8 Å². The molecule has 0 saturated carbocycles. The number of carbonyl (C=O) groups is 2. The maximum atomic E-state index is 12.1. The van der Waals surface area contributed by atoms with Crippen molar-refractivity contribution in [1.82, 2.24) is 0 Å². The van der Waals surface area contributed by atoms with Crippen LogP contribution in [0.15, 0.2) is 48.5 Å². The van der Waals surface area contributed by atoms with E-state index in [0.717, 1.165) is 5.56 Å². The van der Waals surface area contributed by atoms with E-state index in [1.54, 1.807) is 24.3 Å². The minimum atomic E-state index is -0.0976. The molecule has 0 atom stereocenters. The Morgan fingerprint density at radius 1 is 1.00 bits per heavy atom. The SMILES string of the molecule is CC(C)C(=O)Nc1cccc(NC(=O)CCc2ccccc2N)c1.Cl. The Morgan fingerprint density at radius 3 is 2.28 bits per heavy atom. The van der Waals surface area contributed by atoms with Crippen molar-refractivity contribution >= 4 is 41.3 Å². The van der Waals surface area contributed by atoms with E-state index in [-0.39, 0.29) is 30.1 Å². The number of para-hydroxylation sites is 1. The van der Waals surface area contributed by atoms with Crippen LogP contribution in [0.4, 0.5) is 17.1 Å². The van der Waals surface area contributed by atoms with Gasteiger partial charge in [-0.25, -0.2) is 0 Å². The molecule has 2 rings (SSSR count). The van der Waals surface area contributed by atoms with Gasteiger partial charge in [0.05, 0.1) is 0 Å². The number of nitrogen functional groups attached to an aromatic ring is 1. The molecule has 0 aliphatic carbocycles. The van der Waals surface area contributed by atoms with Gasteiger partial charge in [0.2, 0.25) is 11.8 Å². The highest BCUT2D eigenvalue weighted by atomic mass is 35.5. The Morgan fingerprint density at radius 2 is 1.64 bits per heavy atom. The number of halogens is 1. The van der Waals surface area contributed by atoms with E-state index in [4.69, 9.17) is 5.73 Å². The van der Waals surface area contributed by atoms with Crippen molar-refractivity contribution < 1.29 is 9.59 Å². The number of anilines is 3. The maximum absolute atomic E-state index is 12.1. The van der Waals surface area contributed by atoms with Crippen LogP contribution < -0.4 is 16.4 Å². The van der Waals surface area contributed by atoms with E-state index in [0.29, 0.717) is 29.9 Å². The number of benzene rings is 2. The molecule has 0 heterocycles. The van der Waals surface area contributed by atoms with E-state index >= 15 is 0 Å². The van der Waals surface area contributed by atoms with E-state index in [2.05, 4.69) is 10.6 Å². The zero-order chi connectivity index (χ0) is 17.5.